The number of aliphatic imine (C=N–C) groups is 1. The second-order valence-electron chi connectivity index (χ2n) is 14.2. The van der Waals surface area contributed by atoms with Crippen LogP contribution in [0.2, 0.25) is 0 Å². The molecule has 3 aromatic rings. The SMILES string of the molecule is C=Cc1c2[nH]c(c1C)Cc1[nH]c(c(CCC(=O)N(CC)CCCCCCO)c1C)C1C3=NC(C=c4cc(C)c([nH]4)=C2)C(C)=C3C(=O)C1C(=O)OC. The van der Waals surface area contributed by atoms with Gasteiger partial charge in [0.15, 0.2) is 5.78 Å². The van der Waals surface area contributed by atoms with Gasteiger partial charge in [0.1, 0.15) is 5.92 Å². The van der Waals surface area contributed by atoms with Gasteiger partial charge in [-0.2, -0.15) is 0 Å². The zero-order chi connectivity index (χ0) is 36.6. The average Bonchev–Trinajstić information content (AvgIpc) is 3.87. The number of aromatic nitrogens is 3. The van der Waals surface area contributed by atoms with Gasteiger partial charge >= 0.3 is 5.97 Å². The third-order valence-corrected chi connectivity index (χ3v) is 11.2. The minimum absolute atomic E-state index is 0.0684. The first kappa shape index (κ1) is 36.1. The Bertz CT molecular complexity index is 2070. The van der Waals surface area contributed by atoms with Gasteiger partial charge in [-0.3, -0.25) is 19.4 Å². The van der Waals surface area contributed by atoms with Crippen LogP contribution in [0.3, 0.4) is 0 Å². The maximum atomic E-state index is 14.2. The molecule has 10 nitrogen and oxygen atoms in total. The summed E-state index contributed by atoms with van der Waals surface area (Å²) in [6.07, 6.45) is 10.9. The topological polar surface area (TPSA) is 144 Å². The molecule has 10 heteroatoms. The molecule has 270 valence electrons. The molecular formula is C41H51N5O5. The number of amides is 1. The third-order valence-electron chi connectivity index (χ3n) is 11.2. The molecule has 5 heterocycles. The lowest BCUT2D eigenvalue weighted by Crippen LogP contribution is -2.32. The Morgan fingerprint density at radius 3 is 2.53 bits per heavy atom. The summed E-state index contributed by atoms with van der Waals surface area (Å²) in [6.45, 7) is 15.7. The number of aromatic amines is 3. The summed E-state index contributed by atoms with van der Waals surface area (Å²) in [6, 6.07) is 1.71. The Balaban J connectivity index is 1.48. The number of aliphatic hydroxyl groups is 1. The number of ether oxygens (including phenoxy) is 1. The van der Waals surface area contributed by atoms with Gasteiger partial charge in [-0.05, 0) is 99.9 Å². The number of allylic oxidation sites excluding steroid dienone is 1. The van der Waals surface area contributed by atoms with Crippen LogP contribution in [0.15, 0.2) is 28.8 Å². The predicted molar refractivity (Wildman–Crippen MR) is 200 cm³/mol. The maximum absolute atomic E-state index is 14.2. The number of rotatable bonds is 12. The van der Waals surface area contributed by atoms with Crippen LogP contribution >= 0.6 is 0 Å². The Labute approximate surface area is 299 Å². The van der Waals surface area contributed by atoms with Gasteiger partial charge in [0.05, 0.1) is 24.8 Å². The number of aliphatic hydroxyl groups excluding tert-OH is 1. The summed E-state index contributed by atoms with van der Waals surface area (Å²) in [5.41, 5.74) is 10.7. The number of ketones is 1. The number of nitrogens with one attached hydrogen (secondary N) is 3. The first-order valence-corrected chi connectivity index (χ1v) is 18.3. The van der Waals surface area contributed by atoms with Crippen LogP contribution in [0, 0.1) is 26.7 Å². The van der Waals surface area contributed by atoms with E-state index in [0.717, 1.165) is 92.5 Å². The van der Waals surface area contributed by atoms with Crippen molar-refractivity contribution in [2.24, 2.45) is 10.9 Å². The quantitative estimate of drug-likeness (QED) is 0.127. The number of fused-ring (bicyclic) bond motifs is 8. The van der Waals surface area contributed by atoms with E-state index < -0.39 is 17.8 Å². The molecule has 0 spiro atoms. The van der Waals surface area contributed by atoms with Crippen LogP contribution in [0.25, 0.3) is 18.2 Å². The molecule has 0 saturated heterocycles. The first-order chi connectivity index (χ1) is 24.5. The molecule has 1 amide bonds. The summed E-state index contributed by atoms with van der Waals surface area (Å²) in [7, 11) is 1.32. The van der Waals surface area contributed by atoms with Crippen LogP contribution in [0.1, 0.15) is 102 Å². The Kier molecular flexibility index (Phi) is 10.5. The lowest BCUT2D eigenvalue weighted by Gasteiger charge is -2.22. The fourth-order valence-corrected chi connectivity index (χ4v) is 8.19. The summed E-state index contributed by atoms with van der Waals surface area (Å²) in [4.78, 5) is 59.3. The van der Waals surface area contributed by atoms with Gasteiger partial charge in [-0.25, -0.2) is 0 Å². The number of esters is 1. The standard InChI is InChI=1S/C41H51N5O5/c1-8-27-23(4)31-21-32-24(5)28(14-15-34(48)46(9-2)16-12-10-11-13-17-47)38(44-32)36-37(41(50)51-7)40(49)35-25(6)30(45-39(35)36)19-26-18-22(3)29(42-26)20-33(27)43-31/h8,18-20,30,36-37,42-44,47H,1,9-17,21H2,2-7H3. The van der Waals surface area contributed by atoms with Crippen LogP contribution < -0.4 is 10.7 Å². The van der Waals surface area contributed by atoms with Gasteiger partial charge in [-0.15, -0.1) is 0 Å². The monoisotopic (exact) mass is 693 g/mol. The highest BCUT2D eigenvalue weighted by atomic mass is 16.5. The van der Waals surface area contributed by atoms with Crippen molar-refractivity contribution in [3.63, 3.8) is 0 Å². The molecule has 3 atom stereocenters. The van der Waals surface area contributed by atoms with Gasteiger partial charge in [0.25, 0.3) is 0 Å². The molecule has 0 radical (unpaired) electrons. The molecule has 2 aliphatic heterocycles. The highest BCUT2D eigenvalue weighted by molar-refractivity contribution is 6.36. The number of Topliss-reactive ketones (excluding diaryl/α,β-unsaturated/α-hetero) is 1. The van der Waals surface area contributed by atoms with Crippen molar-refractivity contribution in [3.8, 4) is 0 Å². The molecule has 1 aliphatic carbocycles. The van der Waals surface area contributed by atoms with Crippen molar-refractivity contribution in [1.82, 2.24) is 19.9 Å². The Hall–Kier alpha value is -4.70. The van der Waals surface area contributed by atoms with E-state index in [1.165, 1.54) is 7.11 Å². The highest BCUT2D eigenvalue weighted by Crippen LogP contribution is 2.46. The molecule has 8 bridgehead atoms. The number of unbranched alkanes of at least 4 members (excludes halogenated alkanes) is 3. The van der Waals surface area contributed by atoms with E-state index in [1.54, 1.807) is 0 Å². The van der Waals surface area contributed by atoms with Crippen LogP contribution in [-0.4, -0.2) is 81.2 Å². The number of carbonyl (C=O) groups is 3. The van der Waals surface area contributed by atoms with Crippen molar-refractivity contribution in [2.75, 3.05) is 26.8 Å². The lowest BCUT2D eigenvalue weighted by atomic mass is 9.87. The molecule has 3 unspecified atom stereocenters. The van der Waals surface area contributed by atoms with E-state index >= 15 is 0 Å². The molecule has 51 heavy (non-hydrogen) atoms. The van der Waals surface area contributed by atoms with Gasteiger partial charge in [-0.1, -0.05) is 25.5 Å². The van der Waals surface area contributed by atoms with Crippen molar-refractivity contribution >= 4 is 41.6 Å². The number of H-pyrrole nitrogens is 3. The Morgan fingerprint density at radius 2 is 1.82 bits per heavy atom. The number of aryl methyl sites for hydroxylation is 1. The first-order valence-electron chi connectivity index (χ1n) is 18.3. The predicted octanol–water partition coefficient (Wildman–Crippen LogP) is 4.38. The van der Waals surface area contributed by atoms with E-state index in [0.29, 0.717) is 43.6 Å². The fourth-order valence-electron chi connectivity index (χ4n) is 8.19. The minimum atomic E-state index is -1.08. The average molecular weight is 694 g/mol. The summed E-state index contributed by atoms with van der Waals surface area (Å²) in [5.74, 6) is -2.55. The van der Waals surface area contributed by atoms with E-state index in [4.69, 9.17) is 14.8 Å². The van der Waals surface area contributed by atoms with Crippen molar-refractivity contribution in [1.29, 1.82) is 0 Å². The summed E-state index contributed by atoms with van der Waals surface area (Å²) < 4.78 is 5.25. The Morgan fingerprint density at radius 1 is 1.08 bits per heavy atom. The van der Waals surface area contributed by atoms with E-state index in [-0.39, 0.29) is 24.3 Å². The lowest BCUT2D eigenvalue weighted by molar-refractivity contribution is -0.148. The van der Waals surface area contributed by atoms with E-state index in [9.17, 15) is 14.4 Å². The van der Waals surface area contributed by atoms with E-state index in [1.807, 2.05) is 30.9 Å². The molecular weight excluding hydrogens is 642 g/mol. The van der Waals surface area contributed by atoms with E-state index in [2.05, 4.69) is 54.4 Å². The molecule has 0 aromatic carbocycles. The molecule has 3 aliphatic rings. The van der Waals surface area contributed by atoms with Gasteiger partial charge < -0.3 is 29.7 Å². The number of methoxy groups -OCH3 is 1. The smallest absolute Gasteiger partial charge is 0.317 e. The van der Waals surface area contributed by atoms with Crippen LogP contribution in [-0.2, 0) is 32.0 Å². The molecule has 4 N–H and O–H groups in total. The number of nitrogens with zero attached hydrogens (tertiary/aromatic N) is 2. The van der Waals surface area contributed by atoms with Crippen molar-refractivity contribution in [2.45, 2.75) is 91.5 Å². The summed E-state index contributed by atoms with van der Waals surface area (Å²) >= 11 is 0. The van der Waals surface area contributed by atoms with Gasteiger partial charge in [0, 0.05) is 77.1 Å². The highest BCUT2D eigenvalue weighted by Gasteiger charge is 2.53. The largest absolute Gasteiger partial charge is 0.468 e. The third kappa shape index (κ3) is 6.62. The molecule has 3 aromatic heterocycles. The van der Waals surface area contributed by atoms with Crippen LogP contribution in [0.5, 0.6) is 0 Å². The zero-order valence-electron chi connectivity index (χ0n) is 30.8. The van der Waals surface area contributed by atoms with Gasteiger partial charge in [0.2, 0.25) is 5.91 Å². The number of carbonyl (C=O) groups excluding carboxylic acids is 3. The van der Waals surface area contributed by atoms with Crippen LogP contribution in [0.4, 0.5) is 0 Å². The van der Waals surface area contributed by atoms with Crippen molar-refractivity contribution < 1.29 is 24.2 Å². The second-order valence-corrected chi connectivity index (χ2v) is 14.2. The molecule has 6 rings (SSSR count). The minimum Gasteiger partial charge on any atom is -0.468 e. The normalized spacial score (nSPS) is 19.2. The molecule has 1 fully saturated rings. The fraction of sp³-hybridized carbons (Fsp3) is 0.463. The second kappa shape index (κ2) is 14.9. The van der Waals surface area contributed by atoms with Crippen molar-refractivity contribution in [3.05, 3.63) is 85.1 Å². The zero-order valence-corrected chi connectivity index (χ0v) is 30.8. The maximum Gasteiger partial charge on any atom is 0.317 e. The number of hydrogen-bond acceptors (Lipinski definition) is 6. The number of hydrogen-bond donors (Lipinski definition) is 4. The summed E-state index contributed by atoms with van der Waals surface area (Å²) in [5, 5.41) is 11.0. The molecule has 1 saturated carbocycles.